The lowest BCUT2D eigenvalue weighted by Gasteiger charge is -2.21. The predicted molar refractivity (Wildman–Crippen MR) is 99.4 cm³/mol. The van der Waals surface area contributed by atoms with Gasteiger partial charge in [-0.05, 0) is 38.8 Å². The molecule has 1 atom stereocenters. The van der Waals surface area contributed by atoms with E-state index >= 15 is 0 Å². The van der Waals surface area contributed by atoms with Crippen molar-refractivity contribution in [2.75, 3.05) is 13.7 Å². The van der Waals surface area contributed by atoms with Crippen LogP contribution in [0.25, 0.3) is 0 Å². The highest BCUT2D eigenvalue weighted by molar-refractivity contribution is 5.97. The van der Waals surface area contributed by atoms with Gasteiger partial charge < -0.3 is 19.5 Å². The standard InChI is InChI=1S/C20H23F2N3O4/c1-11-14(12(2)29-24-11)10-25-9-8-13(4-7-17(25)26)23-20(27)18-16(28-3)6-5-15(21)19(18)22/h5-6,13H,4,7-10H2,1-3H3,(H,23,27). The molecule has 0 spiro atoms. The Morgan fingerprint density at radius 2 is 2.10 bits per heavy atom. The Balaban J connectivity index is 1.69. The van der Waals surface area contributed by atoms with E-state index in [1.807, 2.05) is 6.92 Å². The fourth-order valence-electron chi connectivity index (χ4n) is 3.44. The zero-order chi connectivity index (χ0) is 21.1. The summed E-state index contributed by atoms with van der Waals surface area (Å²) in [7, 11) is 1.28. The van der Waals surface area contributed by atoms with Crippen molar-refractivity contribution in [3.05, 3.63) is 46.3 Å². The molecule has 1 N–H and O–H groups in total. The fourth-order valence-corrected chi connectivity index (χ4v) is 3.44. The third kappa shape index (κ3) is 4.38. The number of likely N-dealkylation sites (tertiary alicyclic amines) is 1. The zero-order valence-corrected chi connectivity index (χ0v) is 16.6. The number of aryl methyl sites for hydroxylation is 2. The van der Waals surface area contributed by atoms with Crippen LogP contribution in [0.5, 0.6) is 5.75 Å². The second-order valence-electron chi connectivity index (χ2n) is 7.05. The number of nitrogens with zero attached hydrogens (tertiary/aromatic N) is 2. The van der Waals surface area contributed by atoms with E-state index in [0.29, 0.717) is 31.7 Å². The summed E-state index contributed by atoms with van der Waals surface area (Å²) in [5, 5.41) is 6.61. The summed E-state index contributed by atoms with van der Waals surface area (Å²) in [6.45, 7) is 4.41. The lowest BCUT2D eigenvalue weighted by atomic mass is 10.1. The van der Waals surface area contributed by atoms with Crippen molar-refractivity contribution in [3.8, 4) is 5.75 Å². The summed E-state index contributed by atoms with van der Waals surface area (Å²) >= 11 is 0. The third-order valence-electron chi connectivity index (χ3n) is 5.18. The first-order chi connectivity index (χ1) is 13.8. The van der Waals surface area contributed by atoms with Crippen LogP contribution in [-0.4, -0.2) is 41.6 Å². The van der Waals surface area contributed by atoms with Crippen LogP contribution >= 0.6 is 0 Å². The number of hydrogen-bond acceptors (Lipinski definition) is 5. The lowest BCUT2D eigenvalue weighted by Crippen LogP contribution is -2.36. The fraction of sp³-hybridized carbons (Fsp3) is 0.450. The second-order valence-corrected chi connectivity index (χ2v) is 7.05. The SMILES string of the molecule is COc1ccc(F)c(F)c1C(=O)NC1CCC(=O)N(Cc2c(C)noc2C)CC1. The molecule has 3 rings (SSSR count). The maximum atomic E-state index is 14.2. The smallest absolute Gasteiger partial charge is 0.258 e. The summed E-state index contributed by atoms with van der Waals surface area (Å²) in [4.78, 5) is 26.8. The first-order valence-corrected chi connectivity index (χ1v) is 9.34. The molecule has 0 saturated carbocycles. The van der Waals surface area contributed by atoms with E-state index in [1.165, 1.54) is 13.2 Å². The van der Waals surface area contributed by atoms with Crippen LogP contribution in [-0.2, 0) is 11.3 Å². The third-order valence-corrected chi connectivity index (χ3v) is 5.18. The first kappa shape index (κ1) is 20.8. The minimum Gasteiger partial charge on any atom is -0.496 e. The average molecular weight is 407 g/mol. The number of carbonyl (C=O) groups is 2. The molecule has 1 aromatic heterocycles. The van der Waals surface area contributed by atoms with E-state index in [2.05, 4.69) is 10.5 Å². The van der Waals surface area contributed by atoms with Gasteiger partial charge in [0.05, 0.1) is 19.3 Å². The molecule has 1 saturated heterocycles. The molecule has 1 aliphatic heterocycles. The highest BCUT2D eigenvalue weighted by Gasteiger charge is 2.28. The molecule has 1 aromatic carbocycles. The number of carbonyl (C=O) groups excluding carboxylic acids is 2. The Bertz CT molecular complexity index is 909. The number of halogens is 2. The number of nitrogens with one attached hydrogen (secondary N) is 1. The van der Waals surface area contributed by atoms with E-state index in [1.54, 1.807) is 11.8 Å². The maximum Gasteiger partial charge on any atom is 0.258 e. The molecular formula is C20H23F2N3O4. The van der Waals surface area contributed by atoms with Crippen LogP contribution in [0.3, 0.4) is 0 Å². The van der Waals surface area contributed by atoms with Crippen LogP contribution in [0.4, 0.5) is 8.78 Å². The van der Waals surface area contributed by atoms with Gasteiger partial charge in [-0.2, -0.15) is 0 Å². The van der Waals surface area contributed by atoms with Crippen LogP contribution < -0.4 is 10.1 Å². The van der Waals surface area contributed by atoms with Crippen molar-refractivity contribution in [3.63, 3.8) is 0 Å². The largest absolute Gasteiger partial charge is 0.496 e. The zero-order valence-electron chi connectivity index (χ0n) is 16.6. The molecule has 2 heterocycles. The minimum absolute atomic E-state index is 0.0451. The van der Waals surface area contributed by atoms with Gasteiger partial charge in [-0.3, -0.25) is 9.59 Å². The number of amides is 2. The van der Waals surface area contributed by atoms with Crippen molar-refractivity contribution in [2.24, 2.45) is 0 Å². The van der Waals surface area contributed by atoms with E-state index in [9.17, 15) is 18.4 Å². The van der Waals surface area contributed by atoms with Gasteiger partial charge in [0.25, 0.3) is 5.91 Å². The van der Waals surface area contributed by atoms with Crippen molar-refractivity contribution in [1.82, 2.24) is 15.4 Å². The van der Waals surface area contributed by atoms with Crippen LogP contribution in [0.15, 0.2) is 16.7 Å². The number of methoxy groups -OCH3 is 1. The molecule has 2 amide bonds. The molecule has 9 heteroatoms. The molecule has 0 aliphatic carbocycles. The van der Waals surface area contributed by atoms with Gasteiger partial charge in [-0.15, -0.1) is 0 Å². The maximum absolute atomic E-state index is 14.2. The highest BCUT2D eigenvalue weighted by atomic mass is 19.2. The summed E-state index contributed by atoms with van der Waals surface area (Å²) < 4.78 is 37.9. The molecule has 7 nitrogen and oxygen atoms in total. The Morgan fingerprint density at radius 1 is 1.34 bits per heavy atom. The normalized spacial score (nSPS) is 17.2. The molecule has 1 aliphatic rings. The Labute approximate surface area is 167 Å². The van der Waals surface area contributed by atoms with Crippen LogP contribution in [0.2, 0.25) is 0 Å². The number of hydrogen-bond donors (Lipinski definition) is 1. The van der Waals surface area contributed by atoms with E-state index < -0.39 is 23.1 Å². The topological polar surface area (TPSA) is 84.7 Å². The van der Waals surface area contributed by atoms with Gasteiger partial charge >= 0.3 is 0 Å². The lowest BCUT2D eigenvalue weighted by molar-refractivity contribution is -0.131. The molecule has 1 fully saturated rings. The van der Waals surface area contributed by atoms with Gasteiger partial charge in [0.2, 0.25) is 5.91 Å². The first-order valence-electron chi connectivity index (χ1n) is 9.34. The Hall–Kier alpha value is -2.97. The van der Waals surface area contributed by atoms with Gasteiger partial charge in [0, 0.05) is 24.6 Å². The van der Waals surface area contributed by atoms with Gasteiger partial charge in [0.15, 0.2) is 11.6 Å². The molecule has 0 bridgehead atoms. The summed E-state index contributed by atoms with van der Waals surface area (Å²) in [5.74, 6) is -2.58. The Morgan fingerprint density at radius 3 is 2.76 bits per heavy atom. The minimum atomic E-state index is -1.26. The van der Waals surface area contributed by atoms with E-state index in [0.717, 1.165) is 17.3 Å². The second kappa shape index (κ2) is 8.59. The summed E-state index contributed by atoms with van der Waals surface area (Å²) in [5.41, 5.74) is 1.13. The predicted octanol–water partition coefficient (Wildman–Crippen LogP) is 2.89. The molecule has 0 radical (unpaired) electrons. The van der Waals surface area contributed by atoms with Gasteiger partial charge in [-0.25, -0.2) is 8.78 Å². The van der Waals surface area contributed by atoms with Crippen LogP contribution in [0, 0.1) is 25.5 Å². The molecule has 156 valence electrons. The molecule has 29 heavy (non-hydrogen) atoms. The quantitative estimate of drug-likeness (QED) is 0.824. The summed E-state index contributed by atoms with van der Waals surface area (Å²) in [6, 6.07) is 1.76. The number of rotatable bonds is 5. The molecule has 1 unspecified atom stereocenters. The van der Waals surface area contributed by atoms with Crippen molar-refractivity contribution in [2.45, 2.75) is 45.7 Å². The number of benzene rings is 1. The molecular weight excluding hydrogens is 384 g/mol. The molecule has 2 aromatic rings. The number of ether oxygens (including phenoxy) is 1. The van der Waals surface area contributed by atoms with Gasteiger partial charge in [0.1, 0.15) is 17.1 Å². The van der Waals surface area contributed by atoms with Crippen molar-refractivity contribution < 1.29 is 27.6 Å². The monoisotopic (exact) mass is 407 g/mol. The van der Waals surface area contributed by atoms with Gasteiger partial charge in [-0.1, -0.05) is 5.16 Å². The van der Waals surface area contributed by atoms with E-state index in [-0.39, 0.29) is 24.1 Å². The average Bonchev–Trinajstić information content (AvgIpc) is 2.90. The van der Waals surface area contributed by atoms with Crippen molar-refractivity contribution in [1.29, 1.82) is 0 Å². The van der Waals surface area contributed by atoms with Crippen LogP contribution in [0.1, 0.15) is 46.6 Å². The summed E-state index contributed by atoms with van der Waals surface area (Å²) in [6.07, 6.45) is 1.12. The highest BCUT2D eigenvalue weighted by Crippen LogP contribution is 2.25. The number of aromatic nitrogens is 1. The van der Waals surface area contributed by atoms with Crippen molar-refractivity contribution >= 4 is 11.8 Å². The van der Waals surface area contributed by atoms with E-state index in [4.69, 9.17) is 9.26 Å². The Kier molecular flexibility index (Phi) is 6.14.